The molecule has 3 heterocycles. The van der Waals surface area contributed by atoms with Gasteiger partial charge < -0.3 is 15.0 Å². The van der Waals surface area contributed by atoms with Crippen molar-refractivity contribution in [1.29, 1.82) is 0 Å². The van der Waals surface area contributed by atoms with Crippen LogP contribution in [0.2, 0.25) is 0 Å². The minimum atomic E-state index is -2.93. The average Bonchev–Trinajstić information content (AvgIpc) is 3.15. The van der Waals surface area contributed by atoms with Gasteiger partial charge in [0.25, 0.3) is 5.56 Å². The lowest BCUT2D eigenvalue weighted by molar-refractivity contribution is -0.0498. The van der Waals surface area contributed by atoms with E-state index < -0.39 is 6.61 Å². The van der Waals surface area contributed by atoms with Crippen molar-refractivity contribution < 1.29 is 13.5 Å². The van der Waals surface area contributed by atoms with Gasteiger partial charge in [0.05, 0.1) is 34.1 Å². The minimum Gasteiger partial charge on any atom is -0.435 e. The van der Waals surface area contributed by atoms with Crippen LogP contribution in [0.1, 0.15) is 0 Å². The number of pyridine rings is 2. The number of aromatic nitrogens is 4. The molecule has 0 fully saturated rings. The van der Waals surface area contributed by atoms with E-state index in [-0.39, 0.29) is 17.0 Å². The maximum atomic E-state index is 13.7. The van der Waals surface area contributed by atoms with Gasteiger partial charge in [0.2, 0.25) is 0 Å². The Morgan fingerprint density at radius 3 is 2.56 bits per heavy atom. The number of ether oxygens (including phenoxy) is 1. The van der Waals surface area contributed by atoms with Gasteiger partial charge in [-0.2, -0.15) is 8.78 Å². The number of hydrogen-bond acceptors (Lipinski definition) is 5. The Morgan fingerprint density at radius 2 is 1.81 bits per heavy atom. The molecule has 0 amide bonds. The zero-order chi connectivity index (χ0) is 22.4. The van der Waals surface area contributed by atoms with Gasteiger partial charge in [0.15, 0.2) is 0 Å². The molecule has 160 valence electrons. The van der Waals surface area contributed by atoms with Crippen LogP contribution >= 0.6 is 0 Å². The first-order chi connectivity index (χ1) is 15.4. The van der Waals surface area contributed by atoms with Crippen molar-refractivity contribution in [2.45, 2.75) is 6.61 Å². The van der Waals surface area contributed by atoms with Crippen LogP contribution in [-0.2, 0) is 7.05 Å². The van der Waals surface area contributed by atoms with Crippen molar-refractivity contribution in [2.75, 3.05) is 5.73 Å². The third kappa shape index (κ3) is 3.15. The van der Waals surface area contributed by atoms with Crippen LogP contribution in [0, 0.1) is 0 Å². The summed E-state index contributed by atoms with van der Waals surface area (Å²) in [4.78, 5) is 22.4. The highest BCUT2D eigenvalue weighted by Crippen LogP contribution is 2.31. The zero-order valence-electron chi connectivity index (χ0n) is 16.9. The number of rotatable bonds is 4. The summed E-state index contributed by atoms with van der Waals surface area (Å²) in [6.45, 7) is -2.93. The van der Waals surface area contributed by atoms with Crippen LogP contribution in [-0.4, -0.2) is 25.7 Å². The van der Waals surface area contributed by atoms with Crippen molar-refractivity contribution in [3.8, 4) is 22.6 Å². The van der Waals surface area contributed by atoms with E-state index in [1.807, 2.05) is 23.7 Å². The summed E-state index contributed by atoms with van der Waals surface area (Å²) in [6.07, 6.45) is 3.29. The van der Waals surface area contributed by atoms with Gasteiger partial charge in [0.1, 0.15) is 11.3 Å². The lowest BCUT2D eigenvalue weighted by Gasteiger charge is -2.16. The number of anilines is 1. The first kappa shape index (κ1) is 19.7. The molecule has 0 radical (unpaired) electrons. The number of halogens is 2. The van der Waals surface area contributed by atoms with E-state index in [4.69, 9.17) is 5.73 Å². The summed E-state index contributed by atoms with van der Waals surface area (Å²) < 4.78 is 32.8. The van der Waals surface area contributed by atoms with E-state index >= 15 is 0 Å². The smallest absolute Gasteiger partial charge is 0.387 e. The van der Waals surface area contributed by atoms with Crippen LogP contribution in [0.5, 0.6) is 5.75 Å². The fourth-order valence-corrected chi connectivity index (χ4v) is 3.83. The standard InChI is InChI=1S/C23H17F2N5O2/c1-29-12-28-16-9-4-13(11-18(16)29)19-20(26)21-17(3-2-10-27-21)30(22(19)31)14-5-7-15(8-6-14)32-23(24)25/h2-12,23H,26H2,1H3. The molecule has 5 rings (SSSR count). The monoisotopic (exact) mass is 433 g/mol. The van der Waals surface area contributed by atoms with Gasteiger partial charge in [-0.15, -0.1) is 0 Å². The molecule has 2 aromatic carbocycles. The van der Waals surface area contributed by atoms with Gasteiger partial charge in [0, 0.05) is 18.9 Å². The second-order valence-corrected chi connectivity index (χ2v) is 7.23. The van der Waals surface area contributed by atoms with Crippen molar-refractivity contribution in [1.82, 2.24) is 19.1 Å². The van der Waals surface area contributed by atoms with Gasteiger partial charge in [-0.3, -0.25) is 14.3 Å². The van der Waals surface area contributed by atoms with Crippen LogP contribution in [0.4, 0.5) is 14.5 Å². The SMILES string of the molecule is Cn1cnc2ccc(-c3c(N)c4ncccc4n(-c4ccc(OC(F)F)cc4)c3=O)cc21. The molecular formula is C23H17F2N5O2. The van der Waals surface area contributed by atoms with E-state index in [9.17, 15) is 13.6 Å². The summed E-state index contributed by atoms with van der Waals surface area (Å²) in [5.74, 6) is -0.00319. The molecule has 5 aromatic rings. The van der Waals surface area contributed by atoms with Gasteiger partial charge in [-0.25, -0.2) is 4.98 Å². The molecule has 0 atom stereocenters. The van der Waals surface area contributed by atoms with Gasteiger partial charge >= 0.3 is 6.61 Å². The Labute approximate surface area is 180 Å². The van der Waals surface area contributed by atoms with E-state index in [2.05, 4.69) is 14.7 Å². The quantitative estimate of drug-likeness (QED) is 0.461. The number of nitrogen functional groups attached to an aromatic ring is 1. The number of hydrogen-bond donors (Lipinski definition) is 1. The number of fused-ring (bicyclic) bond motifs is 2. The Kier molecular flexibility index (Phi) is 4.58. The second-order valence-electron chi connectivity index (χ2n) is 7.23. The number of imidazole rings is 1. The number of nitrogens with two attached hydrogens (primary N) is 1. The van der Waals surface area contributed by atoms with Crippen molar-refractivity contribution in [2.24, 2.45) is 7.05 Å². The summed E-state index contributed by atoms with van der Waals surface area (Å²) in [7, 11) is 1.87. The molecule has 0 saturated carbocycles. The first-order valence-corrected chi connectivity index (χ1v) is 9.70. The predicted molar refractivity (Wildman–Crippen MR) is 118 cm³/mol. The molecule has 32 heavy (non-hydrogen) atoms. The normalized spacial score (nSPS) is 11.5. The molecule has 3 aromatic heterocycles. The highest BCUT2D eigenvalue weighted by Gasteiger charge is 2.19. The molecule has 0 spiro atoms. The largest absolute Gasteiger partial charge is 0.435 e. The van der Waals surface area contributed by atoms with E-state index in [0.717, 1.165) is 11.0 Å². The third-order valence-corrected chi connectivity index (χ3v) is 5.30. The topological polar surface area (TPSA) is 88.0 Å². The Balaban J connectivity index is 1.78. The molecule has 0 saturated heterocycles. The van der Waals surface area contributed by atoms with E-state index in [0.29, 0.717) is 27.8 Å². The molecular weight excluding hydrogens is 416 g/mol. The predicted octanol–water partition coefficient (Wildman–Crippen LogP) is 4.12. The summed E-state index contributed by atoms with van der Waals surface area (Å²) in [5, 5.41) is 0. The number of aryl methyl sites for hydroxylation is 1. The summed E-state index contributed by atoms with van der Waals surface area (Å²) >= 11 is 0. The van der Waals surface area contributed by atoms with Crippen LogP contribution in [0.25, 0.3) is 38.9 Å². The lowest BCUT2D eigenvalue weighted by Crippen LogP contribution is -2.23. The Hall–Kier alpha value is -4.27. The fraction of sp³-hybridized carbons (Fsp3) is 0.0870. The summed E-state index contributed by atoms with van der Waals surface area (Å²) in [6, 6.07) is 14.8. The van der Waals surface area contributed by atoms with Gasteiger partial charge in [-0.1, -0.05) is 6.07 Å². The molecule has 0 unspecified atom stereocenters. The number of benzene rings is 2. The molecule has 0 aliphatic rings. The lowest BCUT2D eigenvalue weighted by atomic mass is 10.0. The van der Waals surface area contributed by atoms with Crippen molar-refractivity contribution in [3.63, 3.8) is 0 Å². The molecule has 7 nitrogen and oxygen atoms in total. The second kappa shape index (κ2) is 7.45. The maximum absolute atomic E-state index is 13.7. The number of alkyl halides is 2. The fourth-order valence-electron chi connectivity index (χ4n) is 3.83. The molecule has 2 N–H and O–H groups in total. The van der Waals surface area contributed by atoms with E-state index in [1.54, 1.807) is 30.7 Å². The van der Waals surface area contributed by atoms with E-state index in [1.165, 1.54) is 28.8 Å². The zero-order valence-corrected chi connectivity index (χ0v) is 16.9. The average molecular weight is 433 g/mol. The van der Waals surface area contributed by atoms with Gasteiger partial charge in [-0.05, 0) is 54.1 Å². The molecule has 0 aliphatic heterocycles. The maximum Gasteiger partial charge on any atom is 0.387 e. The van der Waals surface area contributed by atoms with Crippen molar-refractivity contribution in [3.05, 3.63) is 77.5 Å². The number of nitrogens with zero attached hydrogens (tertiary/aromatic N) is 4. The molecule has 9 heteroatoms. The van der Waals surface area contributed by atoms with Crippen LogP contribution in [0.15, 0.2) is 71.9 Å². The first-order valence-electron chi connectivity index (χ1n) is 9.70. The summed E-state index contributed by atoms with van der Waals surface area (Å²) in [5.41, 5.74) is 10.3. The third-order valence-electron chi connectivity index (χ3n) is 5.30. The van der Waals surface area contributed by atoms with Crippen LogP contribution < -0.4 is 16.0 Å². The Morgan fingerprint density at radius 1 is 1.03 bits per heavy atom. The highest BCUT2D eigenvalue weighted by molar-refractivity contribution is 5.97. The van der Waals surface area contributed by atoms with Crippen molar-refractivity contribution >= 4 is 27.8 Å². The molecule has 0 bridgehead atoms. The Bertz CT molecular complexity index is 1520. The minimum absolute atomic E-state index is 0.00319. The highest BCUT2D eigenvalue weighted by atomic mass is 19.3. The van der Waals surface area contributed by atoms with Crippen LogP contribution in [0.3, 0.4) is 0 Å². The molecule has 0 aliphatic carbocycles.